The number of piperidine rings is 2. The van der Waals surface area contributed by atoms with Crippen LogP contribution in [0.4, 0.5) is 0 Å². The summed E-state index contributed by atoms with van der Waals surface area (Å²) in [6, 6.07) is 13.7. The second kappa shape index (κ2) is 12.2. The maximum absolute atomic E-state index is 14.1. The summed E-state index contributed by atoms with van der Waals surface area (Å²) in [5, 5.41) is 12.8. The molecule has 0 spiro atoms. The molecule has 0 aliphatic carbocycles. The summed E-state index contributed by atoms with van der Waals surface area (Å²) in [6.07, 6.45) is 8.53. The van der Waals surface area contributed by atoms with Gasteiger partial charge in [0, 0.05) is 76.3 Å². The first kappa shape index (κ1) is 31.1. The summed E-state index contributed by atoms with van der Waals surface area (Å²) in [4.78, 5) is 54.6. The highest BCUT2D eigenvalue weighted by molar-refractivity contribution is 7.17. The van der Waals surface area contributed by atoms with Gasteiger partial charge >= 0.3 is 0 Å². The summed E-state index contributed by atoms with van der Waals surface area (Å²) < 4.78 is 5.24. The number of likely N-dealkylation sites (tertiary alicyclic amines) is 2. The van der Waals surface area contributed by atoms with Crippen LogP contribution in [0.25, 0.3) is 21.6 Å². The number of thiazole rings is 1. The van der Waals surface area contributed by atoms with Crippen molar-refractivity contribution in [3.8, 4) is 10.6 Å². The SMILES string of the molecule is Cc1nc(-c2ccn(C)c2)sc1C(=O)N1CC[C@@H](C(=O)N2CCC(O)(Cn3cnc4c(ccn4C)c3=O)CC2)[C@H](c2ccccc2)C1. The molecular weight excluding hydrogens is 614 g/mol. The minimum absolute atomic E-state index is 0.0459. The van der Waals surface area contributed by atoms with Crippen LogP contribution in [0.1, 0.15) is 46.1 Å². The van der Waals surface area contributed by atoms with E-state index in [0.717, 1.165) is 21.8 Å². The Labute approximate surface area is 276 Å². The number of carbonyl (C=O) groups excluding carboxylic acids is 2. The molecule has 4 aromatic heterocycles. The lowest BCUT2D eigenvalue weighted by Gasteiger charge is -2.43. The Morgan fingerprint density at radius 2 is 1.79 bits per heavy atom. The van der Waals surface area contributed by atoms with E-state index in [0.29, 0.717) is 61.4 Å². The molecule has 5 aromatic rings. The first-order valence-corrected chi connectivity index (χ1v) is 16.9. The third kappa shape index (κ3) is 5.91. The van der Waals surface area contributed by atoms with Gasteiger partial charge in [-0.1, -0.05) is 30.3 Å². The van der Waals surface area contributed by atoms with Crippen molar-refractivity contribution in [1.82, 2.24) is 33.5 Å². The predicted molar refractivity (Wildman–Crippen MR) is 180 cm³/mol. The number of nitrogens with zero attached hydrogens (tertiary/aromatic N) is 7. The number of aliphatic hydroxyl groups is 1. The van der Waals surface area contributed by atoms with Gasteiger partial charge in [-0.3, -0.25) is 19.0 Å². The lowest BCUT2D eigenvalue weighted by molar-refractivity contribution is -0.142. The molecule has 7 rings (SSSR count). The van der Waals surface area contributed by atoms with Gasteiger partial charge in [-0.05, 0) is 43.9 Å². The molecule has 0 bridgehead atoms. The van der Waals surface area contributed by atoms with Crippen LogP contribution in [-0.4, -0.2) is 82.2 Å². The Balaban J connectivity index is 1.05. The summed E-state index contributed by atoms with van der Waals surface area (Å²) in [7, 11) is 3.80. The molecule has 47 heavy (non-hydrogen) atoms. The molecule has 0 radical (unpaired) electrons. The Hall–Kier alpha value is -4.55. The van der Waals surface area contributed by atoms with Crippen LogP contribution in [0.2, 0.25) is 0 Å². The molecule has 0 unspecified atom stereocenters. The Bertz CT molecular complexity index is 2000. The van der Waals surface area contributed by atoms with E-state index in [1.807, 2.05) is 84.2 Å². The zero-order valence-electron chi connectivity index (χ0n) is 26.9. The van der Waals surface area contributed by atoms with Gasteiger partial charge in [-0.25, -0.2) is 9.97 Å². The molecule has 1 N–H and O–H groups in total. The molecule has 6 heterocycles. The fourth-order valence-electron chi connectivity index (χ4n) is 7.11. The zero-order chi connectivity index (χ0) is 32.9. The maximum Gasteiger partial charge on any atom is 0.265 e. The number of amides is 2. The number of fused-ring (bicyclic) bond motifs is 1. The number of benzene rings is 1. The van der Waals surface area contributed by atoms with Crippen LogP contribution in [0.5, 0.6) is 0 Å². The van der Waals surface area contributed by atoms with Gasteiger partial charge < -0.3 is 24.0 Å². The molecule has 11 nitrogen and oxygen atoms in total. The van der Waals surface area contributed by atoms with E-state index >= 15 is 0 Å². The third-order valence-electron chi connectivity index (χ3n) is 9.84. The minimum Gasteiger partial charge on any atom is -0.388 e. The molecule has 2 aliphatic rings. The van der Waals surface area contributed by atoms with Crippen molar-refractivity contribution in [2.24, 2.45) is 20.0 Å². The molecule has 244 valence electrons. The van der Waals surface area contributed by atoms with Gasteiger partial charge in [0.05, 0.1) is 23.2 Å². The number of hydrogen-bond acceptors (Lipinski definition) is 7. The summed E-state index contributed by atoms with van der Waals surface area (Å²) in [5.74, 6) is -0.443. The number of rotatable bonds is 6. The van der Waals surface area contributed by atoms with Crippen molar-refractivity contribution < 1.29 is 14.7 Å². The van der Waals surface area contributed by atoms with Gasteiger partial charge in [0.2, 0.25) is 5.91 Å². The fourth-order valence-corrected chi connectivity index (χ4v) is 8.13. The summed E-state index contributed by atoms with van der Waals surface area (Å²) in [5.41, 5.74) is 2.05. The number of aromatic nitrogens is 5. The average molecular weight is 654 g/mol. The van der Waals surface area contributed by atoms with Gasteiger partial charge in [-0.15, -0.1) is 11.3 Å². The van der Waals surface area contributed by atoms with E-state index < -0.39 is 5.60 Å². The lowest BCUT2D eigenvalue weighted by Crippen LogP contribution is -2.53. The molecular formula is C35H39N7O4S. The molecule has 2 aliphatic heterocycles. The van der Waals surface area contributed by atoms with Crippen LogP contribution in [-0.2, 0) is 25.4 Å². The lowest BCUT2D eigenvalue weighted by atomic mass is 9.79. The molecule has 2 fully saturated rings. The highest BCUT2D eigenvalue weighted by Gasteiger charge is 2.42. The van der Waals surface area contributed by atoms with Crippen molar-refractivity contribution in [3.63, 3.8) is 0 Å². The Kier molecular flexibility index (Phi) is 8.09. The zero-order valence-corrected chi connectivity index (χ0v) is 27.7. The quantitative estimate of drug-likeness (QED) is 0.298. The third-order valence-corrected chi connectivity index (χ3v) is 11.0. The molecule has 2 saturated heterocycles. The topological polar surface area (TPSA) is 118 Å². The standard InChI is InChI=1S/C35H39N7O4S/c1-23-29(47-31(37-23)25-9-14-38(2)19-25)34(45)41-16-11-26(28(20-41)24-7-5-4-6-8-24)32(43)40-17-12-35(46,13-18-40)21-42-22-36-30-27(33(42)44)10-15-39(30)3/h4-10,14-15,19,22,26,28,46H,11-13,16-18,20-21H2,1-3H3/t26-,28+/m1/s1. The second-order valence-corrected chi connectivity index (χ2v) is 14.1. The van der Waals surface area contributed by atoms with E-state index in [4.69, 9.17) is 4.98 Å². The Morgan fingerprint density at radius 3 is 2.51 bits per heavy atom. The normalized spacial score (nSPS) is 19.7. The van der Waals surface area contributed by atoms with Crippen molar-refractivity contribution >= 4 is 34.2 Å². The maximum atomic E-state index is 14.1. The van der Waals surface area contributed by atoms with Crippen LogP contribution in [0, 0.1) is 12.8 Å². The second-order valence-electron chi connectivity index (χ2n) is 13.1. The fraction of sp³-hybridized carbons (Fsp3) is 0.400. The Morgan fingerprint density at radius 1 is 1.02 bits per heavy atom. The van der Waals surface area contributed by atoms with Crippen molar-refractivity contribution in [1.29, 1.82) is 0 Å². The first-order chi connectivity index (χ1) is 22.6. The van der Waals surface area contributed by atoms with E-state index in [9.17, 15) is 19.5 Å². The predicted octanol–water partition coefficient (Wildman–Crippen LogP) is 3.81. The molecule has 2 amide bonds. The largest absolute Gasteiger partial charge is 0.388 e. The van der Waals surface area contributed by atoms with Crippen LogP contribution < -0.4 is 5.56 Å². The van der Waals surface area contributed by atoms with Crippen molar-refractivity contribution in [2.75, 3.05) is 26.2 Å². The number of carbonyl (C=O) groups is 2. The van der Waals surface area contributed by atoms with Crippen molar-refractivity contribution in [3.05, 3.63) is 93.9 Å². The highest BCUT2D eigenvalue weighted by atomic mass is 32.1. The van der Waals surface area contributed by atoms with Crippen molar-refractivity contribution in [2.45, 2.75) is 44.2 Å². The van der Waals surface area contributed by atoms with Crippen LogP contribution in [0.15, 0.2) is 72.2 Å². The summed E-state index contributed by atoms with van der Waals surface area (Å²) >= 11 is 1.42. The average Bonchev–Trinajstić information content (AvgIpc) is 3.80. The van der Waals surface area contributed by atoms with Gasteiger partial charge in [0.25, 0.3) is 11.5 Å². The van der Waals surface area contributed by atoms with Crippen LogP contribution in [0.3, 0.4) is 0 Å². The highest BCUT2D eigenvalue weighted by Crippen LogP contribution is 2.37. The van der Waals surface area contributed by atoms with E-state index in [1.54, 1.807) is 16.8 Å². The number of aryl methyl sites for hydroxylation is 3. The molecule has 1 aromatic carbocycles. The van der Waals surface area contributed by atoms with Gasteiger partial charge in [-0.2, -0.15) is 0 Å². The summed E-state index contributed by atoms with van der Waals surface area (Å²) in [6.45, 7) is 3.72. The first-order valence-electron chi connectivity index (χ1n) is 16.1. The van der Waals surface area contributed by atoms with Gasteiger partial charge in [0.1, 0.15) is 21.9 Å². The molecule has 0 saturated carbocycles. The molecule has 2 atom stereocenters. The van der Waals surface area contributed by atoms with Crippen LogP contribution >= 0.6 is 11.3 Å². The monoisotopic (exact) mass is 653 g/mol. The van der Waals surface area contributed by atoms with E-state index in [2.05, 4.69) is 4.98 Å². The van der Waals surface area contributed by atoms with Gasteiger partial charge in [0.15, 0.2) is 0 Å². The molecule has 12 heteroatoms. The van der Waals surface area contributed by atoms with E-state index in [1.165, 1.54) is 22.2 Å². The number of hydrogen-bond donors (Lipinski definition) is 1. The minimum atomic E-state index is -1.12. The smallest absolute Gasteiger partial charge is 0.265 e. The van der Waals surface area contributed by atoms with E-state index in [-0.39, 0.29) is 35.8 Å².